The van der Waals surface area contributed by atoms with Crippen LogP contribution in [-0.4, -0.2) is 4.92 Å². The van der Waals surface area contributed by atoms with Crippen LogP contribution in [0.4, 0.5) is 5.69 Å². The summed E-state index contributed by atoms with van der Waals surface area (Å²) in [6.07, 6.45) is 0. The number of hydrogen-bond donors (Lipinski definition) is 1. The molecule has 0 aliphatic rings. The summed E-state index contributed by atoms with van der Waals surface area (Å²) in [6.45, 7) is 4.00. The van der Waals surface area contributed by atoms with Crippen LogP contribution in [0.25, 0.3) is 0 Å². The predicted octanol–water partition coefficient (Wildman–Crippen LogP) is 3.37. The molecule has 14 heavy (non-hydrogen) atoms. The van der Waals surface area contributed by atoms with Crippen molar-refractivity contribution in [3.8, 4) is 0 Å². The van der Waals surface area contributed by atoms with E-state index in [2.05, 4.69) is 4.24 Å². The zero-order valence-corrected chi connectivity index (χ0v) is 9.43. The van der Waals surface area contributed by atoms with Gasteiger partial charge in [0.1, 0.15) is 4.90 Å². The lowest BCUT2D eigenvalue weighted by Gasteiger charge is -1.97. The van der Waals surface area contributed by atoms with Gasteiger partial charge in [0.15, 0.2) is 0 Å². The Labute approximate surface area is 92.0 Å². The highest BCUT2D eigenvalue weighted by atomic mass is 35.5. The zero-order chi connectivity index (χ0) is 11.0. The molecule has 0 saturated carbocycles. The van der Waals surface area contributed by atoms with Crippen LogP contribution in [0.2, 0.25) is 0 Å². The van der Waals surface area contributed by atoms with Gasteiger partial charge in [0.25, 0.3) is 5.69 Å². The van der Waals surface area contributed by atoms with E-state index in [4.69, 9.17) is 11.8 Å². The third-order valence-electron chi connectivity index (χ3n) is 1.21. The Hall–Kier alpha value is -0.780. The fraction of sp³-hybridized carbons (Fsp3) is 0.250. The van der Waals surface area contributed by atoms with Gasteiger partial charge in [-0.05, 0) is 29.8 Å². The molecule has 1 aromatic rings. The van der Waals surface area contributed by atoms with Crippen molar-refractivity contribution in [3.63, 3.8) is 0 Å². The number of nitro groups is 1. The molecule has 0 fully saturated rings. The standard InChI is InChI=1S/C6H5ClN2O2S.C2H6/c7-8-12-6-4-2-1-3-5(6)9(10)11;1-2/h1-4,8H;1-2H3. The lowest BCUT2D eigenvalue weighted by atomic mass is 10.3. The molecule has 0 unspecified atom stereocenters. The van der Waals surface area contributed by atoms with Crippen molar-refractivity contribution in [3.05, 3.63) is 34.4 Å². The summed E-state index contributed by atoms with van der Waals surface area (Å²) >= 11 is 6.21. The third-order valence-corrected chi connectivity index (χ3v) is 2.08. The quantitative estimate of drug-likeness (QED) is 0.377. The first kappa shape index (κ1) is 13.2. The maximum atomic E-state index is 10.4. The molecule has 0 aromatic heterocycles. The number of benzene rings is 1. The van der Waals surface area contributed by atoms with Gasteiger partial charge in [-0.1, -0.05) is 26.0 Å². The first-order valence-electron chi connectivity index (χ1n) is 4.01. The highest BCUT2D eigenvalue weighted by molar-refractivity contribution is 7.98. The van der Waals surface area contributed by atoms with E-state index in [1.54, 1.807) is 18.2 Å². The second kappa shape index (κ2) is 7.61. The SMILES string of the molecule is CC.O=[N+]([O-])c1ccccc1SNCl. The van der Waals surface area contributed by atoms with Gasteiger partial charge in [0.2, 0.25) is 0 Å². The van der Waals surface area contributed by atoms with Gasteiger partial charge >= 0.3 is 0 Å². The zero-order valence-electron chi connectivity index (χ0n) is 7.86. The molecule has 0 amide bonds. The molecule has 0 atom stereocenters. The lowest BCUT2D eigenvalue weighted by Crippen LogP contribution is -1.92. The lowest BCUT2D eigenvalue weighted by molar-refractivity contribution is -0.387. The molecular formula is C8H11ClN2O2S. The van der Waals surface area contributed by atoms with Crippen molar-refractivity contribution in [2.75, 3.05) is 0 Å². The molecule has 78 valence electrons. The average molecular weight is 235 g/mol. The van der Waals surface area contributed by atoms with Gasteiger partial charge in [-0.15, -0.1) is 0 Å². The first-order chi connectivity index (χ1) is 6.75. The Bertz CT molecular complexity index is 296. The Morgan fingerprint density at radius 2 is 2.00 bits per heavy atom. The summed E-state index contributed by atoms with van der Waals surface area (Å²) in [6, 6.07) is 6.37. The molecule has 0 radical (unpaired) electrons. The highest BCUT2D eigenvalue weighted by Gasteiger charge is 2.11. The van der Waals surface area contributed by atoms with E-state index >= 15 is 0 Å². The van der Waals surface area contributed by atoms with Crippen LogP contribution in [0.3, 0.4) is 0 Å². The second-order valence-electron chi connectivity index (χ2n) is 1.90. The van der Waals surface area contributed by atoms with Crippen LogP contribution in [0.15, 0.2) is 29.2 Å². The average Bonchev–Trinajstić information content (AvgIpc) is 2.22. The molecule has 4 nitrogen and oxygen atoms in total. The van der Waals surface area contributed by atoms with Gasteiger partial charge in [-0.25, -0.2) is 0 Å². The van der Waals surface area contributed by atoms with Crippen molar-refractivity contribution in [1.82, 2.24) is 4.24 Å². The molecule has 0 heterocycles. The molecule has 0 bridgehead atoms. The maximum Gasteiger partial charge on any atom is 0.284 e. The van der Waals surface area contributed by atoms with Gasteiger partial charge in [-0.3, -0.25) is 10.1 Å². The van der Waals surface area contributed by atoms with Crippen LogP contribution in [0, 0.1) is 10.1 Å². The molecule has 0 aliphatic carbocycles. The fourth-order valence-electron chi connectivity index (χ4n) is 0.736. The normalized spacial score (nSPS) is 8.79. The van der Waals surface area contributed by atoms with E-state index in [0.29, 0.717) is 4.90 Å². The molecule has 1 rings (SSSR count). The molecule has 0 aliphatic heterocycles. The highest BCUT2D eigenvalue weighted by Crippen LogP contribution is 2.26. The van der Waals surface area contributed by atoms with Crippen LogP contribution < -0.4 is 4.24 Å². The summed E-state index contributed by atoms with van der Waals surface area (Å²) in [5, 5.41) is 10.4. The Kier molecular flexibility index (Phi) is 7.18. The number of nitrogens with zero attached hydrogens (tertiary/aromatic N) is 1. The molecular weight excluding hydrogens is 224 g/mol. The summed E-state index contributed by atoms with van der Waals surface area (Å²) in [5.74, 6) is 0. The van der Waals surface area contributed by atoms with E-state index in [9.17, 15) is 10.1 Å². The van der Waals surface area contributed by atoms with Gasteiger partial charge in [-0.2, -0.15) is 4.24 Å². The predicted molar refractivity (Wildman–Crippen MR) is 59.3 cm³/mol. The molecule has 0 saturated heterocycles. The third kappa shape index (κ3) is 3.95. The maximum absolute atomic E-state index is 10.4. The van der Waals surface area contributed by atoms with Crippen LogP contribution in [0.5, 0.6) is 0 Å². The van der Waals surface area contributed by atoms with Crippen molar-refractivity contribution < 1.29 is 4.92 Å². The minimum absolute atomic E-state index is 0.0515. The van der Waals surface area contributed by atoms with Crippen molar-refractivity contribution in [2.45, 2.75) is 18.7 Å². The number of nitrogens with one attached hydrogen (secondary N) is 1. The topological polar surface area (TPSA) is 55.2 Å². The smallest absolute Gasteiger partial charge is 0.258 e. The number of nitro benzene ring substituents is 1. The minimum Gasteiger partial charge on any atom is -0.258 e. The number of hydrogen-bond acceptors (Lipinski definition) is 4. The van der Waals surface area contributed by atoms with Gasteiger partial charge < -0.3 is 0 Å². The van der Waals surface area contributed by atoms with Crippen LogP contribution in [-0.2, 0) is 0 Å². The number of halogens is 1. The van der Waals surface area contributed by atoms with Crippen molar-refractivity contribution >= 4 is 29.4 Å². The van der Waals surface area contributed by atoms with Gasteiger partial charge in [0.05, 0.1) is 4.92 Å². The fourth-order valence-corrected chi connectivity index (χ4v) is 1.46. The molecule has 1 aromatic carbocycles. The second-order valence-corrected chi connectivity index (χ2v) is 3.17. The molecule has 6 heteroatoms. The number of rotatable bonds is 3. The summed E-state index contributed by atoms with van der Waals surface area (Å²) in [4.78, 5) is 10.5. The Balaban J connectivity index is 0.000000791. The summed E-state index contributed by atoms with van der Waals surface area (Å²) in [7, 11) is 0. The van der Waals surface area contributed by atoms with E-state index in [-0.39, 0.29) is 5.69 Å². The van der Waals surface area contributed by atoms with Crippen LogP contribution >= 0.6 is 23.7 Å². The number of para-hydroxylation sites is 1. The molecule has 0 spiro atoms. The van der Waals surface area contributed by atoms with Crippen LogP contribution in [0.1, 0.15) is 13.8 Å². The Morgan fingerprint density at radius 1 is 1.43 bits per heavy atom. The van der Waals surface area contributed by atoms with Crippen molar-refractivity contribution in [2.24, 2.45) is 0 Å². The molecule has 1 N–H and O–H groups in total. The van der Waals surface area contributed by atoms with E-state index in [1.807, 2.05) is 13.8 Å². The summed E-state index contributed by atoms with van der Waals surface area (Å²) < 4.78 is 2.26. The monoisotopic (exact) mass is 234 g/mol. The largest absolute Gasteiger partial charge is 0.284 e. The Morgan fingerprint density at radius 3 is 2.50 bits per heavy atom. The van der Waals surface area contributed by atoms with Gasteiger partial charge in [0, 0.05) is 6.07 Å². The van der Waals surface area contributed by atoms with E-state index in [0.717, 1.165) is 11.9 Å². The van der Waals surface area contributed by atoms with Crippen molar-refractivity contribution in [1.29, 1.82) is 0 Å². The first-order valence-corrected chi connectivity index (χ1v) is 5.21. The summed E-state index contributed by atoms with van der Waals surface area (Å²) in [5.41, 5.74) is 0.0515. The van der Waals surface area contributed by atoms with E-state index < -0.39 is 4.92 Å². The minimum atomic E-state index is -0.448. The van der Waals surface area contributed by atoms with E-state index in [1.165, 1.54) is 6.07 Å².